The zero-order valence-electron chi connectivity index (χ0n) is 17.0. The molecule has 2 aromatic carbocycles. The molecule has 1 aliphatic rings. The lowest BCUT2D eigenvalue weighted by molar-refractivity contribution is -0.118. The molecule has 1 heterocycles. The van der Waals surface area contributed by atoms with E-state index in [1.165, 1.54) is 17.3 Å². The second-order valence-electron chi connectivity index (χ2n) is 7.75. The van der Waals surface area contributed by atoms with Gasteiger partial charge in [0.1, 0.15) is 0 Å². The summed E-state index contributed by atoms with van der Waals surface area (Å²) < 4.78 is 1.84. The highest BCUT2D eigenvalue weighted by Crippen LogP contribution is 2.32. The lowest BCUT2D eigenvalue weighted by Crippen LogP contribution is -2.29. The average Bonchev–Trinajstić information content (AvgIpc) is 3.30. The van der Waals surface area contributed by atoms with Crippen LogP contribution in [0.1, 0.15) is 43.7 Å². The molecule has 1 saturated carbocycles. The molecule has 0 radical (unpaired) electrons. The van der Waals surface area contributed by atoms with E-state index in [4.69, 9.17) is 4.98 Å². The van der Waals surface area contributed by atoms with Gasteiger partial charge in [0.2, 0.25) is 5.91 Å². The number of para-hydroxylation sites is 1. The first kappa shape index (κ1) is 20.7. The van der Waals surface area contributed by atoms with Crippen molar-refractivity contribution < 1.29 is 4.79 Å². The molecule has 1 fully saturated rings. The number of nitrogens with one attached hydrogen (secondary N) is 1. The van der Waals surface area contributed by atoms with Crippen molar-refractivity contribution in [2.45, 2.75) is 49.7 Å². The lowest BCUT2D eigenvalue weighted by Gasteiger charge is -2.18. The van der Waals surface area contributed by atoms with Crippen molar-refractivity contribution in [1.82, 2.24) is 14.9 Å². The summed E-state index contributed by atoms with van der Waals surface area (Å²) in [6.07, 6.45) is 6.12. The number of aryl methyl sites for hydroxylation is 1. The van der Waals surface area contributed by atoms with E-state index in [0.29, 0.717) is 22.6 Å². The van der Waals surface area contributed by atoms with Crippen LogP contribution in [0.15, 0.2) is 64.5 Å². The molecular weight excluding hydrogens is 394 g/mol. The highest BCUT2D eigenvalue weighted by molar-refractivity contribution is 7.99. The van der Waals surface area contributed by atoms with Gasteiger partial charge in [-0.1, -0.05) is 67.1 Å². The summed E-state index contributed by atoms with van der Waals surface area (Å²) >= 11 is 1.37. The molecule has 0 atom stereocenters. The summed E-state index contributed by atoms with van der Waals surface area (Å²) in [6.45, 7) is 0.648. The Bertz CT molecular complexity index is 1060. The van der Waals surface area contributed by atoms with Gasteiger partial charge < -0.3 is 5.32 Å². The Kier molecular flexibility index (Phi) is 6.84. The maximum absolute atomic E-state index is 13.1. The SMILES string of the molecule is O=C(CSc1nc2ccccc2c(=O)n1C1CCCC1)NCCCc1ccccc1. The van der Waals surface area contributed by atoms with Crippen LogP contribution in [0.3, 0.4) is 0 Å². The van der Waals surface area contributed by atoms with Crippen LogP contribution in [0.25, 0.3) is 10.9 Å². The van der Waals surface area contributed by atoms with Crippen LogP contribution in [-0.4, -0.2) is 27.8 Å². The van der Waals surface area contributed by atoms with Crippen LogP contribution in [0.2, 0.25) is 0 Å². The predicted molar refractivity (Wildman–Crippen MR) is 122 cm³/mol. The molecule has 1 N–H and O–H groups in total. The van der Waals surface area contributed by atoms with Gasteiger partial charge in [0.15, 0.2) is 5.16 Å². The first-order chi connectivity index (χ1) is 14.7. The number of carbonyl (C=O) groups is 1. The molecule has 1 aliphatic carbocycles. The Morgan fingerprint density at radius 1 is 1.07 bits per heavy atom. The van der Waals surface area contributed by atoms with E-state index in [9.17, 15) is 9.59 Å². The number of carbonyl (C=O) groups excluding carboxylic acids is 1. The van der Waals surface area contributed by atoms with Gasteiger partial charge in [-0.05, 0) is 43.4 Å². The third kappa shape index (κ3) is 4.93. The molecule has 4 rings (SSSR count). The smallest absolute Gasteiger partial charge is 0.262 e. The number of nitrogens with zero attached hydrogens (tertiary/aromatic N) is 2. The molecule has 6 heteroatoms. The minimum Gasteiger partial charge on any atom is -0.355 e. The van der Waals surface area contributed by atoms with E-state index in [-0.39, 0.29) is 23.3 Å². The summed E-state index contributed by atoms with van der Waals surface area (Å²) in [5.41, 5.74) is 1.99. The molecule has 0 bridgehead atoms. The van der Waals surface area contributed by atoms with Crippen molar-refractivity contribution >= 4 is 28.6 Å². The quantitative estimate of drug-likeness (QED) is 0.334. The first-order valence-corrected chi connectivity index (χ1v) is 11.7. The Morgan fingerprint density at radius 2 is 1.80 bits per heavy atom. The van der Waals surface area contributed by atoms with Crippen LogP contribution in [0.5, 0.6) is 0 Å². The van der Waals surface area contributed by atoms with E-state index in [2.05, 4.69) is 17.4 Å². The minimum atomic E-state index is -0.0200. The second-order valence-corrected chi connectivity index (χ2v) is 8.70. The van der Waals surface area contributed by atoms with Gasteiger partial charge in [-0.3, -0.25) is 14.2 Å². The molecule has 0 unspecified atom stereocenters. The average molecular weight is 422 g/mol. The molecule has 1 amide bonds. The molecule has 1 aromatic heterocycles. The zero-order chi connectivity index (χ0) is 20.8. The number of thioether (sulfide) groups is 1. The minimum absolute atomic E-state index is 0.0123. The van der Waals surface area contributed by atoms with Crippen molar-refractivity contribution in [3.05, 3.63) is 70.5 Å². The summed E-state index contributed by atoms with van der Waals surface area (Å²) in [7, 11) is 0. The number of fused-ring (bicyclic) bond motifs is 1. The number of hydrogen-bond acceptors (Lipinski definition) is 4. The normalized spacial score (nSPS) is 14.3. The third-order valence-corrected chi connectivity index (χ3v) is 6.56. The summed E-state index contributed by atoms with van der Waals surface area (Å²) in [5, 5.41) is 4.30. The molecule has 3 aromatic rings. The van der Waals surface area contributed by atoms with E-state index in [1.807, 2.05) is 47.0 Å². The van der Waals surface area contributed by atoms with Crippen molar-refractivity contribution in [1.29, 1.82) is 0 Å². The first-order valence-electron chi connectivity index (χ1n) is 10.7. The van der Waals surface area contributed by atoms with E-state index < -0.39 is 0 Å². The van der Waals surface area contributed by atoms with Crippen molar-refractivity contribution in [2.75, 3.05) is 12.3 Å². The van der Waals surface area contributed by atoms with Crippen molar-refractivity contribution in [2.24, 2.45) is 0 Å². The van der Waals surface area contributed by atoms with Crippen molar-refractivity contribution in [3.8, 4) is 0 Å². The molecule has 0 spiro atoms. The van der Waals surface area contributed by atoms with Crippen LogP contribution >= 0.6 is 11.8 Å². The lowest BCUT2D eigenvalue weighted by atomic mass is 10.1. The van der Waals surface area contributed by atoms with Crippen LogP contribution < -0.4 is 10.9 Å². The van der Waals surface area contributed by atoms with Crippen molar-refractivity contribution in [3.63, 3.8) is 0 Å². The van der Waals surface area contributed by atoms with E-state index in [1.54, 1.807) is 0 Å². The number of aromatic nitrogens is 2. The largest absolute Gasteiger partial charge is 0.355 e. The Balaban J connectivity index is 1.39. The molecule has 0 aliphatic heterocycles. The van der Waals surface area contributed by atoms with Gasteiger partial charge in [-0.15, -0.1) is 0 Å². The van der Waals surface area contributed by atoms with Gasteiger partial charge >= 0.3 is 0 Å². The number of rotatable bonds is 8. The highest BCUT2D eigenvalue weighted by atomic mass is 32.2. The summed E-state index contributed by atoms with van der Waals surface area (Å²) in [6, 6.07) is 17.9. The second kappa shape index (κ2) is 9.94. The van der Waals surface area contributed by atoms with Gasteiger partial charge in [0, 0.05) is 12.6 Å². The number of benzene rings is 2. The van der Waals surface area contributed by atoms with Crippen LogP contribution in [0, 0.1) is 0 Å². The Morgan fingerprint density at radius 3 is 2.60 bits per heavy atom. The van der Waals surface area contributed by atoms with Gasteiger partial charge in [0.05, 0.1) is 16.7 Å². The number of amides is 1. The van der Waals surface area contributed by atoms with Crippen LogP contribution in [0.4, 0.5) is 0 Å². The van der Waals surface area contributed by atoms with E-state index >= 15 is 0 Å². The van der Waals surface area contributed by atoms with Crippen LogP contribution in [-0.2, 0) is 11.2 Å². The monoisotopic (exact) mass is 421 g/mol. The van der Waals surface area contributed by atoms with Gasteiger partial charge in [0.25, 0.3) is 5.56 Å². The topological polar surface area (TPSA) is 64.0 Å². The standard InChI is InChI=1S/C24H27N3O2S/c28-22(25-16-8-11-18-9-2-1-3-10-18)17-30-24-26-21-15-7-6-14-20(21)23(29)27(24)19-12-4-5-13-19/h1-3,6-7,9-10,14-15,19H,4-5,8,11-13,16-17H2,(H,25,28). The predicted octanol–water partition coefficient (Wildman–Crippen LogP) is 4.35. The highest BCUT2D eigenvalue weighted by Gasteiger charge is 2.23. The van der Waals surface area contributed by atoms with E-state index in [0.717, 1.165) is 38.5 Å². The van der Waals surface area contributed by atoms with Gasteiger partial charge in [-0.25, -0.2) is 4.98 Å². The Labute approximate surface area is 180 Å². The molecule has 156 valence electrons. The summed E-state index contributed by atoms with van der Waals surface area (Å²) in [5.74, 6) is 0.247. The summed E-state index contributed by atoms with van der Waals surface area (Å²) in [4.78, 5) is 30.2. The maximum Gasteiger partial charge on any atom is 0.262 e. The Hall–Kier alpha value is -2.60. The molecule has 0 saturated heterocycles. The van der Waals surface area contributed by atoms with Gasteiger partial charge in [-0.2, -0.15) is 0 Å². The fraction of sp³-hybridized carbons (Fsp3) is 0.375. The fourth-order valence-corrected chi connectivity index (χ4v) is 4.95. The molecule has 30 heavy (non-hydrogen) atoms. The number of hydrogen-bond donors (Lipinski definition) is 1. The molecule has 5 nitrogen and oxygen atoms in total. The fourth-order valence-electron chi connectivity index (χ4n) is 4.06. The third-order valence-electron chi connectivity index (χ3n) is 5.60. The maximum atomic E-state index is 13.1. The zero-order valence-corrected chi connectivity index (χ0v) is 17.9. The molecular formula is C24H27N3O2S.